The van der Waals surface area contributed by atoms with Crippen molar-refractivity contribution in [2.75, 3.05) is 0 Å². The second-order valence-electron chi connectivity index (χ2n) is 5.01. The van der Waals surface area contributed by atoms with Crippen molar-refractivity contribution in [2.24, 2.45) is 5.92 Å². The number of rotatable bonds is 4. The van der Waals surface area contributed by atoms with Crippen LogP contribution < -0.4 is 4.72 Å². The number of carboxylic acids is 1. The number of hydrogen-bond donors (Lipinski definition) is 2. The Hall–Kier alpha value is -0.990. The van der Waals surface area contributed by atoms with Crippen molar-refractivity contribution >= 4 is 27.3 Å². The molecular weight excluding hydrogens is 300 g/mol. The molecule has 0 spiro atoms. The highest BCUT2D eigenvalue weighted by molar-refractivity contribution is 7.91. The Labute approximate surface area is 122 Å². The molecule has 2 N–H and O–H groups in total. The van der Waals surface area contributed by atoms with Gasteiger partial charge in [0.25, 0.3) is 10.0 Å². The van der Waals surface area contributed by atoms with Gasteiger partial charge in [-0.15, -0.1) is 11.3 Å². The van der Waals surface area contributed by atoms with Crippen LogP contribution in [0.5, 0.6) is 0 Å². The lowest BCUT2D eigenvalue weighted by Crippen LogP contribution is -2.42. The Balaban J connectivity index is 2.19. The molecule has 0 radical (unpaired) electrons. The highest BCUT2D eigenvalue weighted by atomic mass is 32.2. The summed E-state index contributed by atoms with van der Waals surface area (Å²) in [6.07, 6.45) is 5.02. The maximum absolute atomic E-state index is 12.3. The van der Waals surface area contributed by atoms with E-state index in [2.05, 4.69) is 9.71 Å². The molecule has 20 heavy (non-hydrogen) atoms. The fraction of sp³-hybridized carbons (Fsp3) is 0.667. The minimum Gasteiger partial charge on any atom is -0.481 e. The number of aromatic nitrogens is 1. The number of thiazole rings is 1. The van der Waals surface area contributed by atoms with Crippen molar-refractivity contribution in [1.29, 1.82) is 0 Å². The van der Waals surface area contributed by atoms with E-state index < -0.39 is 28.0 Å². The molecular formula is C12H18N2O4S2. The summed E-state index contributed by atoms with van der Waals surface area (Å²) in [6, 6.07) is -0.539. The number of sulfonamides is 1. The van der Waals surface area contributed by atoms with Crippen LogP contribution in [0.4, 0.5) is 0 Å². The van der Waals surface area contributed by atoms with Crippen LogP contribution >= 0.6 is 11.3 Å². The van der Waals surface area contributed by atoms with E-state index in [0.717, 1.165) is 30.6 Å². The van der Waals surface area contributed by atoms with Crippen molar-refractivity contribution in [3.8, 4) is 0 Å². The third-order valence-corrected chi connectivity index (χ3v) is 6.37. The van der Waals surface area contributed by atoms with Gasteiger partial charge in [0.05, 0.1) is 17.1 Å². The molecule has 1 aliphatic rings. The summed E-state index contributed by atoms with van der Waals surface area (Å²) in [5, 5.41) is 9.93. The van der Waals surface area contributed by atoms with Gasteiger partial charge in [0.15, 0.2) is 4.21 Å². The number of aryl methyl sites for hydroxylation is 1. The number of carboxylic acid groups (broad SMARTS) is 1. The molecule has 1 aromatic heterocycles. The summed E-state index contributed by atoms with van der Waals surface area (Å²) in [5.74, 6) is -1.58. The molecule has 8 heteroatoms. The molecule has 0 amide bonds. The second kappa shape index (κ2) is 6.19. The number of nitrogens with one attached hydrogen (secondary N) is 1. The SMILES string of the molecule is Cc1ncc(S(=O)(=O)NC2CCCCCC2C(=O)O)s1. The molecule has 112 valence electrons. The molecule has 1 heterocycles. The van der Waals surface area contributed by atoms with Crippen molar-refractivity contribution in [3.05, 3.63) is 11.2 Å². The molecule has 0 bridgehead atoms. The van der Waals surface area contributed by atoms with Crippen LogP contribution in [0, 0.1) is 12.8 Å². The summed E-state index contributed by atoms with van der Waals surface area (Å²) in [5.41, 5.74) is 0. The average Bonchev–Trinajstić information content (AvgIpc) is 2.67. The molecule has 1 fully saturated rings. The normalized spacial score (nSPS) is 24.2. The van der Waals surface area contributed by atoms with Gasteiger partial charge in [-0.1, -0.05) is 19.3 Å². The fourth-order valence-corrected chi connectivity index (χ4v) is 4.90. The van der Waals surface area contributed by atoms with Crippen LogP contribution in [0.15, 0.2) is 10.4 Å². The zero-order chi connectivity index (χ0) is 14.8. The van der Waals surface area contributed by atoms with Crippen molar-refractivity contribution in [1.82, 2.24) is 9.71 Å². The third kappa shape index (κ3) is 3.56. The standard InChI is InChI=1S/C12H18N2O4S2/c1-8-13-7-11(19-8)20(17,18)14-10-6-4-2-3-5-9(10)12(15)16/h7,9-10,14H,2-6H2,1H3,(H,15,16). The molecule has 0 aliphatic heterocycles. The van der Waals surface area contributed by atoms with Crippen molar-refractivity contribution < 1.29 is 18.3 Å². The number of hydrogen-bond acceptors (Lipinski definition) is 5. The second-order valence-corrected chi connectivity index (χ2v) is 8.18. The lowest BCUT2D eigenvalue weighted by atomic mass is 9.96. The summed E-state index contributed by atoms with van der Waals surface area (Å²) in [4.78, 5) is 15.2. The van der Waals surface area contributed by atoms with Gasteiger partial charge in [-0.05, 0) is 19.8 Å². The highest BCUT2D eigenvalue weighted by Crippen LogP contribution is 2.26. The Kier molecular flexibility index (Phi) is 4.77. The van der Waals surface area contributed by atoms with E-state index in [1.807, 2.05) is 0 Å². The van der Waals surface area contributed by atoms with Crippen LogP contribution in [0.2, 0.25) is 0 Å². The monoisotopic (exact) mass is 318 g/mol. The van der Waals surface area contributed by atoms with Crippen LogP contribution in [0.3, 0.4) is 0 Å². The summed E-state index contributed by atoms with van der Waals surface area (Å²) in [7, 11) is -3.68. The first-order valence-electron chi connectivity index (χ1n) is 6.58. The minimum absolute atomic E-state index is 0.142. The van der Waals surface area contributed by atoms with E-state index in [0.29, 0.717) is 17.8 Å². The average molecular weight is 318 g/mol. The van der Waals surface area contributed by atoms with Gasteiger partial charge >= 0.3 is 5.97 Å². The Morgan fingerprint density at radius 3 is 2.70 bits per heavy atom. The van der Waals surface area contributed by atoms with Crippen molar-refractivity contribution in [2.45, 2.75) is 49.3 Å². The maximum Gasteiger partial charge on any atom is 0.308 e. The highest BCUT2D eigenvalue weighted by Gasteiger charge is 2.33. The van der Waals surface area contributed by atoms with Gasteiger partial charge < -0.3 is 5.11 Å². The first kappa shape index (κ1) is 15.4. The number of carbonyl (C=O) groups is 1. The lowest BCUT2D eigenvalue weighted by molar-refractivity contribution is -0.142. The fourth-order valence-electron chi connectivity index (χ4n) is 2.47. The molecule has 6 nitrogen and oxygen atoms in total. The number of nitrogens with zero attached hydrogens (tertiary/aromatic N) is 1. The largest absolute Gasteiger partial charge is 0.481 e. The summed E-state index contributed by atoms with van der Waals surface area (Å²) < 4.78 is 27.2. The van der Waals surface area contributed by atoms with E-state index in [4.69, 9.17) is 0 Å². The molecule has 1 saturated carbocycles. The quantitative estimate of drug-likeness (QED) is 0.825. The minimum atomic E-state index is -3.68. The Morgan fingerprint density at radius 2 is 2.10 bits per heavy atom. The van der Waals surface area contributed by atoms with Gasteiger partial charge in [-0.25, -0.2) is 18.1 Å². The summed E-state index contributed by atoms with van der Waals surface area (Å²) in [6.45, 7) is 1.73. The topological polar surface area (TPSA) is 96.4 Å². The van der Waals surface area contributed by atoms with Gasteiger partial charge in [-0.3, -0.25) is 4.79 Å². The maximum atomic E-state index is 12.3. The molecule has 2 rings (SSSR count). The van der Waals surface area contributed by atoms with Crippen LogP contribution in [-0.2, 0) is 14.8 Å². The number of aliphatic carboxylic acids is 1. The summed E-state index contributed by atoms with van der Waals surface area (Å²) >= 11 is 1.09. The molecule has 1 aliphatic carbocycles. The lowest BCUT2D eigenvalue weighted by Gasteiger charge is -2.22. The Bertz CT molecular complexity index is 582. The first-order valence-corrected chi connectivity index (χ1v) is 8.87. The zero-order valence-corrected chi connectivity index (χ0v) is 12.8. The smallest absolute Gasteiger partial charge is 0.308 e. The Morgan fingerprint density at radius 1 is 1.40 bits per heavy atom. The van der Waals surface area contributed by atoms with Gasteiger partial charge in [0.1, 0.15) is 0 Å². The molecule has 0 saturated heterocycles. The van der Waals surface area contributed by atoms with E-state index in [9.17, 15) is 18.3 Å². The van der Waals surface area contributed by atoms with Gasteiger partial charge in [0, 0.05) is 6.04 Å². The van der Waals surface area contributed by atoms with Gasteiger partial charge in [-0.2, -0.15) is 0 Å². The van der Waals surface area contributed by atoms with E-state index in [1.165, 1.54) is 6.20 Å². The van der Waals surface area contributed by atoms with Crippen molar-refractivity contribution in [3.63, 3.8) is 0 Å². The molecule has 2 atom stereocenters. The third-order valence-electron chi connectivity index (χ3n) is 3.50. The first-order chi connectivity index (χ1) is 9.40. The molecule has 2 unspecified atom stereocenters. The van der Waals surface area contributed by atoms with Gasteiger partial charge in [0.2, 0.25) is 0 Å². The van der Waals surface area contributed by atoms with E-state index >= 15 is 0 Å². The predicted octanol–water partition coefficient (Wildman–Crippen LogP) is 1.76. The zero-order valence-electron chi connectivity index (χ0n) is 11.2. The molecule has 1 aromatic rings. The molecule has 0 aromatic carbocycles. The van der Waals surface area contributed by atoms with E-state index in [1.54, 1.807) is 6.92 Å². The predicted molar refractivity (Wildman–Crippen MR) is 75.2 cm³/mol. The van der Waals surface area contributed by atoms with Crippen LogP contribution in [0.25, 0.3) is 0 Å². The van der Waals surface area contributed by atoms with Crippen LogP contribution in [0.1, 0.15) is 37.1 Å². The van der Waals surface area contributed by atoms with E-state index in [-0.39, 0.29) is 4.21 Å². The van der Waals surface area contributed by atoms with Crippen LogP contribution in [-0.4, -0.2) is 30.5 Å².